The molecule has 0 aliphatic carbocycles. The number of pyridine rings is 1. The van der Waals surface area contributed by atoms with E-state index in [1.54, 1.807) is 0 Å². The molecule has 29 heavy (non-hydrogen) atoms. The Morgan fingerprint density at radius 1 is 1.17 bits per heavy atom. The van der Waals surface area contributed by atoms with Gasteiger partial charge in [-0.3, -0.25) is 4.99 Å². The van der Waals surface area contributed by atoms with E-state index < -0.39 is 0 Å². The van der Waals surface area contributed by atoms with Gasteiger partial charge in [-0.25, -0.2) is 9.98 Å². The summed E-state index contributed by atoms with van der Waals surface area (Å²) in [5, 5.41) is 9.11. The number of hydrogen-bond acceptors (Lipinski definition) is 6. The molecule has 1 fully saturated rings. The number of nitrogens with zero attached hydrogens (tertiary/aromatic N) is 6. The summed E-state index contributed by atoms with van der Waals surface area (Å²) in [4.78, 5) is 18.6. The highest BCUT2D eigenvalue weighted by atomic mass is 16.3. The lowest BCUT2D eigenvalue weighted by molar-refractivity contribution is 0.156. The number of aliphatic hydroxyl groups is 1. The van der Waals surface area contributed by atoms with Gasteiger partial charge in [0, 0.05) is 43.2 Å². The van der Waals surface area contributed by atoms with Gasteiger partial charge in [-0.1, -0.05) is 0 Å². The highest BCUT2D eigenvalue weighted by Gasteiger charge is 2.25. The van der Waals surface area contributed by atoms with Crippen LogP contribution in [0.4, 0.5) is 0 Å². The maximum absolute atomic E-state index is 9.11. The fraction of sp³-hybridized carbons (Fsp3) is 0.409. The van der Waals surface area contributed by atoms with Gasteiger partial charge in [0.05, 0.1) is 29.9 Å². The van der Waals surface area contributed by atoms with Gasteiger partial charge in [-0.05, 0) is 51.1 Å². The number of likely N-dealkylation sites (tertiary alicyclic amines) is 1. The quantitative estimate of drug-likeness (QED) is 0.870. The first-order valence-electron chi connectivity index (χ1n) is 10.3. The Morgan fingerprint density at radius 2 is 2.03 bits per heavy atom. The minimum atomic E-state index is 0.237. The van der Waals surface area contributed by atoms with Crippen LogP contribution in [0.3, 0.4) is 0 Å². The maximum Gasteiger partial charge on any atom is 0.152 e. The van der Waals surface area contributed by atoms with Crippen LogP contribution >= 0.6 is 0 Å². The molecule has 0 radical (unpaired) electrons. The molecule has 0 amide bonds. The smallest absolute Gasteiger partial charge is 0.152 e. The van der Waals surface area contributed by atoms with E-state index in [0.717, 1.165) is 73.2 Å². The van der Waals surface area contributed by atoms with Crippen LogP contribution in [-0.4, -0.2) is 69.1 Å². The fourth-order valence-electron chi connectivity index (χ4n) is 4.32. The minimum Gasteiger partial charge on any atom is -0.395 e. The van der Waals surface area contributed by atoms with E-state index in [-0.39, 0.29) is 6.61 Å². The lowest BCUT2D eigenvalue weighted by atomic mass is 9.93. The number of β-amino-alcohol motifs (C(OH)–C–C–N with tert-alkyl or cyclic N) is 1. The van der Waals surface area contributed by atoms with E-state index in [1.807, 2.05) is 29.8 Å². The van der Waals surface area contributed by atoms with Gasteiger partial charge in [0.1, 0.15) is 5.65 Å². The molecule has 1 saturated heterocycles. The molecule has 5 heterocycles. The van der Waals surface area contributed by atoms with Crippen molar-refractivity contribution < 1.29 is 5.11 Å². The summed E-state index contributed by atoms with van der Waals surface area (Å²) in [6, 6.07) is 4.11. The van der Waals surface area contributed by atoms with Crippen LogP contribution < -0.4 is 0 Å². The van der Waals surface area contributed by atoms with Crippen molar-refractivity contribution in [3.8, 4) is 0 Å². The average molecular weight is 390 g/mol. The number of aliphatic hydroxyl groups excluding tert-OH is 1. The van der Waals surface area contributed by atoms with Crippen molar-refractivity contribution in [1.82, 2.24) is 19.2 Å². The molecule has 3 aliphatic rings. The molecule has 7 nitrogen and oxygen atoms in total. The van der Waals surface area contributed by atoms with Crippen LogP contribution in [0.15, 0.2) is 52.5 Å². The van der Waals surface area contributed by atoms with Crippen molar-refractivity contribution in [3.05, 3.63) is 53.8 Å². The Morgan fingerprint density at radius 3 is 2.86 bits per heavy atom. The van der Waals surface area contributed by atoms with Crippen LogP contribution in [0.5, 0.6) is 0 Å². The van der Waals surface area contributed by atoms with Crippen LogP contribution in [0.2, 0.25) is 0 Å². The molecular formula is C22H26N6O. The van der Waals surface area contributed by atoms with Crippen LogP contribution in [-0.2, 0) is 0 Å². The third-order valence-electron chi connectivity index (χ3n) is 5.92. The highest BCUT2D eigenvalue weighted by Crippen LogP contribution is 2.29. The van der Waals surface area contributed by atoms with Gasteiger partial charge in [0.15, 0.2) is 5.84 Å². The Bertz CT molecular complexity index is 1040. The summed E-state index contributed by atoms with van der Waals surface area (Å²) in [5.41, 5.74) is 5.18. The molecule has 2 aromatic rings. The lowest BCUT2D eigenvalue weighted by Gasteiger charge is -2.34. The van der Waals surface area contributed by atoms with Gasteiger partial charge < -0.3 is 19.3 Å². The molecule has 0 aromatic carbocycles. The zero-order chi connectivity index (χ0) is 19.8. The number of rotatable bonds is 4. The third kappa shape index (κ3) is 3.63. The monoisotopic (exact) mass is 390 g/mol. The number of amidine groups is 1. The van der Waals surface area contributed by atoms with Crippen LogP contribution in [0, 0.1) is 12.8 Å². The Labute approximate surface area is 170 Å². The van der Waals surface area contributed by atoms with Crippen molar-refractivity contribution in [1.29, 1.82) is 0 Å². The number of aliphatic imine (C=N–C) groups is 2. The molecule has 150 valence electrons. The standard InChI is InChI=1S/C22H26N6O/c1-16-13-28-14-18(2-3-21(28)24-16)19-6-9-27-15-20(23-12-22(27)25-19)17-4-7-26(8-5-17)10-11-29/h2-3,6,12-15,17,29H,4-5,7-11H2,1H3. The number of allylic oxidation sites excluding steroid dienone is 1. The Kier molecular flexibility index (Phi) is 4.77. The predicted molar refractivity (Wildman–Crippen MR) is 115 cm³/mol. The summed E-state index contributed by atoms with van der Waals surface area (Å²) in [7, 11) is 0. The molecule has 3 aliphatic heterocycles. The maximum atomic E-state index is 9.11. The number of piperidine rings is 1. The second-order valence-corrected chi connectivity index (χ2v) is 7.93. The highest BCUT2D eigenvalue weighted by molar-refractivity contribution is 6.31. The molecule has 7 heteroatoms. The average Bonchev–Trinajstić information content (AvgIpc) is 3.13. The van der Waals surface area contributed by atoms with E-state index in [4.69, 9.17) is 15.1 Å². The first-order valence-corrected chi connectivity index (χ1v) is 10.3. The summed E-state index contributed by atoms with van der Waals surface area (Å²) < 4.78 is 2.05. The van der Waals surface area contributed by atoms with Crippen molar-refractivity contribution >= 4 is 23.4 Å². The summed E-state index contributed by atoms with van der Waals surface area (Å²) in [5.74, 6) is 1.38. The molecule has 5 rings (SSSR count). The number of hydrogen-bond donors (Lipinski definition) is 1. The van der Waals surface area contributed by atoms with Crippen molar-refractivity contribution in [2.24, 2.45) is 15.9 Å². The van der Waals surface area contributed by atoms with E-state index >= 15 is 0 Å². The lowest BCUT2D eigenvalue weighted by Crippen LogP contribution is -2.38. The molecule has 0 bridgehead atoms. The molecule has 0 spiro atoms. The van der Waals surface area contributed by atoms with E-state index in [0.29, 0.717) is 5.92 Å². The Balaban J connectivity index is 1.30. The third-order valence-corrected chi connectivity index (χ3v) is 5.92. The molecule has 0 atom stereocenters. The number of aryl methyl sites for hydroxylation is 1. The van der Waals surface area contributed by atoms with Crippen molar-refractivity contribution in [2.75, 3.05) is 32.8 Å². The molecule has 2 aromatic heterocycles. The fourth-order valence-corrected chi connectivity index (χ4v) is 4.32. The van der Waals surface area contributed by atoms with Gasteiger partial charge in [0.2, 0.25) is 0 Å². The van der Waals surface area contributed by atoms with Crippen molar-refractivity contribution in [2.45, 2.75) is 19.8 Å². The van der Waals surface area contributed by atoms with E-state index in [2.05, 4.69) is 39.3 Å². The van der Waals surface area contributed by atoms with E-state index in [9.17, 15) is 0 Å². The van der Waals surface area contributed by atoms with Gasteiger partial charge in [-0.15, -0.1) is 0 Å². The normalized spacial score (nSPS) is 20.5. The molecule has 1 N–H and O–H groups in total. The zero-order valence-corrected chi connectivity index (χ0v) is 16.7. The first kappa shape index (κ1) is 18.3. The number of aromatic nitrogens is 2. The largest absolute Gasteiger partial charge is 0.395 e. The molecular weight excluding hydrogens is 364 g/mol. The van der Waals surface area contributed by atoms with E-state index in [1.165, 1.54) is 0 Å². The van der Waals surface area contributed by atoms with Gasteiger partial charge in [-0.2, -0.15) is 0 Å². The van der Waals surface area contributed by atoms with Crippen molar-refractivity contribution in [3.63, 3.8) is 0 Å². The second kappa shape index (κ2) is 7.57. The van der Waals surface area contributed by atoms with Gasteiger partial charge in [0.25, 0.3) is 0 Å². The van der Waals surface area contributed by atoms with Crippen LogP contribution in [0.25, 0.3) is 11.3 Å². The Hall–Kier alpha value is -2.77. The molecule has 0 unspecified atom stereocenters. The SMILES string of the molecule is Cc1cn2cc(C3=CCN4C=C(C5CCN(CCO)CC5)N=CC4=N3)ccc2n1. The summed E-state index contributed by atoms with van der Waals surface area (Å²) in [6.07, 6.45) is 12.5. The number of fused-ring (bicyclic) bond motifs is 2. The van der Waals surface area contributed by atoms with Gasteiger partial charge >= 0.3 is 0 Å². The summed E-state index contributed by atoms with van der Waals surface area (Å²) in [6.45, 7) is 5.87. The summed E-state index contributed by atoms with van der Waals surface area (Å²) >= 11 is 0. The second-order valence-electron chi connectivity index (χ2n) is 7.93. The predicted octanol–water partition coefficient (Wildman–Crippen LogP) is 2.33. The molecule has 0 saturated carbocycles. The topological polar surface area (TPSA) is 68.7 Å². The van der Waals surface area contributed by atoms with Crippen LogP contribution in [0.1, 0.15) is 24.1 Å². The minimum absolute atomic E-state index is 0.237. The zero-order valence-electron chi connectivity index (χ0n) is 16.7. The number of imidazole rings is 1. The first-order chi connectivity index (χ1) is 14.2.